The van der Waals surface area contributed by atoms with Crippen LogP contribution in [0.3, 0.4) is 0 Å². The molecule has 1 aromatic heterocycles. The van der Waals surface area contributed by atoms with Gasteiger partial charge < -0.3 is 16.4 Å². The molecule has 4 N–H and O–H groups in total. The Morgan fingerprint density at radius 2 is 1.77 bits per heavy atom. The van der Waals surface area contributed by atoms with Gasteiger partial charge in [-0.2, -0.15) is 5.10 Å². The third-order valence-electron chi connectivity index (χ3n) is 4.82. The molecule has 0 aliphatic carbocycles. The molecule has 3 aromatic carbocycles. The molecule has 0 unspecified atom stereocenters. The van der Waals surface area contributed by atoms with Crippen molar-refractivity contribution in [1.82, 2.24) is 15.1 Å². The van der Waals surface area contributed by atoms with Crippen molar-refractivity contribution in [2.24, 2.45) is 0 Å². The van der Waals surface area contributed by atoms with Crippen LogP contribution in [-0.2, 0) is 6.54 Å². The van der Waals surface area contributed by atoms with Gasteiger partial charge in [0.25, 0.3) is 0 Å². The number of nitrogens with zero attached hydrogens (tertiary/aromatic N) is 2. The number of nitrogen functional groups attached to an aromatic ring is 1. The van der Waals surface area contributed by atoms with E-state index in [2.05, 4.69) is 15.7 Å². The Balaban J connectivity index is 1.65. The topological polar surface area (TPSA) is 85.0 Å². The second-order valence-electron chi connectivity index (χ2n) is 7.13. The number of benzene rings is 3. The minimum absolute atomic E-state index is 0.289. The summed E-state index contributed by atoms with van der Waals surface area (Å²) in [5, 5.41) is 10.9. The predicted octanol–water partition coefficient (Wildman–Crippen LogP) is 5.41. The molecule has 31 heavy (non-hydrogen) atoms. The molecule has 0 atom stereocenters. The van der Waals surface area contributed by atoms with E-state index in [0.29, 0.717) is 28.6 Å². The van der Waals surface area contributed by atoms with Crippen molar-refractivity contribution in [3.8, 4) is 16.9 Å². The van der Waals surface area contributed by atoms with E-state index >= 15 is 0 Å². The van der Waals surface area contributed by atoms with E-state index in [-0.39, 0.29) is 11.8 Å². The average molecular weight is 432 g/mol. The monoisotopic (exact) mass is 431 g/mol. The lowest BCUT2D eigenvalue weighted by Gasteiger charge is -2.10. The van der Waals surface area contributed by atoms with Crippen LogP contribution in [0.2, 0.25) is 5.02 Å². The van der Waals surface area contributed by atoms with E-state index in [1.165, 1.54) is 0 Å². The number of halogens is 1. The predicted molar refractivity (Wildman–Crippen MR) is 125 cm³/mol. The fourth-order valence-corrected chi connectivity index (χ4v) is 3.54. The molecule has 6 nitrogen and oxygen atoms in total. The SMILES string of the molecule is Cc1cccc(CNC(=O)Nc2c(-c3ccccc3)nn(-c3ccccc3Cl)c2N)c1. The molecule has 7 heteroatoms. The number of aromatic nitrogens is 2. The molecule has 0 spiro atoms. The van der Waals surface area contributed by atoms with E-state index in [0.717, 1.165) is 16.7 Å². The van der Waals surface area contributed by atoms with Gasteiger partial charge in [0, 0.05) is 12.1 Å². The zero-order valence-corrected chi connectivity index (χ0v) is 17.7. The number of hydrogen-bond acceptors (Lipinski definition) is 3. The number of carbonyl (C=O) groups is 1. The van der Waals surface area contributed by atoms with Gasteiger partial charge in [-0.15, -0.1) is 0 Å². The lowest BCUT2D eigenvalue weighted by molar-refractivity contribution is 0.252. The van der Waals surface area contributed by atoms with Crippen LogP contribution >= 0.6 is 11.6 Å². The van der Waals surface area contributed by atoms with E-state index in [9.17, 15) is 4.79 Å². The van der Waals surface area contributed by atoms with Crippen molar-refractivity contribution in [2.45, 2.75) is 13.5 Å². The lowest BCUT2D eigenvalue weighted by atomic mass is 10.1. The molecule has 0 saturated heterocycles. The molecule has 1 heterocycles. The van der Waals surface area contributed by atoms with Gasteiger partial charge in [-0.3, -0.25) is 0 Å². The van der Waals surface area contributed by atoms with Gasteiger partial charge in [-0.25, -0.2) is 9.48 Å². The Morgan fingerprint density at radius 1 is 1.03 bits per heavy atom. The van der Waals surface area contributed by atoms with Crippen molar-refractivity contribution in [1.29, 1.82) is 0 Å². The molecule has 0 fully saturated rings. The maximum atomic E-state index is 12.7. The van der Waals surface area contributed by atoms with E-state index in [4.69, 9.17) is 17.3 Å². The molecule has 0 saturated carbocycles. The third-order valence-corrected chi connectivity index (χ3v) is 5.14. The first kappa shape index (κ1) is 20.5. The second kappa shape index (κ2) is 8.93. The summed E-state index contributed by atoms with van der Waals surface area (Å²) in [6.45, 7) is 2.41. The highest BCUT2D eigenvalue weighted by Crippen LogP contribution is 2.35. The van der Waals surface area contributed by atoms with Crippen LogP contribution in [-0.4, -0.2) is 15.8 Å². The number of nitrogens with one attached hydrogen (secondary N) is 2. The number of para-hydroxylation sites is 1. The van der Waals surface area contributed by atoms with Crippen LogP contribution in [0, 0.1) is 6.92 Å². The highest BCUT2D eigenvalue weighted by Gasteiger charge is 2.21. The number of nitrogens with two attached hydrogens (primary N) is 1. The van der Waals surface area contributed by atoms with Gasteiger partial charge in [0.1, 0.15) is 11.4 Å². The Morgan fingerprint density at radius 3 is 2.52 bits per heavy atom. The van der Waals surface area contributed by atoms with Crippen molar-refractivity contribution in [2.75, 3.05) is 11.1 Å². The van der Waals surface area contributed by atoms with E-state index in [1.54, 1.807) is 10.7 Å². The number of hydrogen-bond donors (Lipinski definition) is 3. The Labute approximate surface area is 185 Å². The summed E-state index contributed by atoms with van der Waals surface area (Å²) in [5.74, 6) is 0.289. The molecule has 156 valence electrons. The Kier molecular flexibility index (Phi) is 5.91. The van der Waals surface area contributed by atoms with Gasteiger partial charge in [0.2, 0.25) is 0 Å². The largest absolute Gasteiger partial charge is 0.382 e. The number of carbonyl (C=O) groups excluding carboxylic acids is 1. The minimum atomic E-state index is -0.371. The summed E-state index contributed by atoms with van der Waals surface area (Å²) >= 11 is 6.36. The average Bonchev–Trinajstić information content (AvgIpc) is 3.09. The first-order chi connectivity index (χ1) is 15.0. The van der Waals surface area contributed by atoms with E-state index in [1.807, 2.05) is 79.7 Å². The summed E-state index contributed by atoms with van der Waals surface area (Å²) in [7, 11) is 0. The molecule has 4 aromatic rings. The van der Waals surface area contributed by atoms with Crippen molar-refractivity contribution in [3.05, 3.63) is 95.0 Å². The Bertz CT molecular complexity index is 1220. The first-order valence-corrected chi connectivity index (χ1v) is 10.2. The lowest BCUT2D eigenvalue weighted by Crippen LogP contribution is -2.28. The third kappa shape index (κ3) is 4.54. The molecular formula is C24H22ClN5O. The highest BCUT2D eigenvalue weighted by molar-refractivity contribution is 6.32. The second-order valence-corrected chi connectivity index (χ2v) is 7.54. The molecule has 4 rings (SSSR count). The zero-order chi connectivity index (χ0) is 21.8. The maximum absolute atomic E-state index is 12.7. The number of aryl methyl sites for hydroxylation is 1. The van der Waals surface area contributed by atoms with Gasteiger partial charge in [-0.05, 0) is 24.6 Å². The summed E-state index contributed by atoms with van der Waals surface area (Å²) in [6, 6.07) is 24.4. The molecule has 0 aliphatic rings. The van der Waals surface area contributed by atoms with Gasteiger partial charge in [0.15, 0.2) is 5.82 Å². The zero-order valence-electron chi connectivity index (χ0n) is 17.0. The highest BCUT2D eigenvalue weighted by atomic mass is 35.5. The summed E-state index contributed by atoms with van der Waals surface area (Å²) in [4.78, 5) is 12.7. The maximum Gasteiger partial charge on any atom is 0.319 e. The van der Waals surface area contributed by atoms with Crippen LogP contribution in [0.1, 0.15) is 11.1 Å². The van der Waals surface area contributed by atoms with Gasteiger partial charge in [-0.1, -0.05) is 83.9 Å². The normalized spacial score (nSPS) is 10.6. The molecule has 0 radical (unpaired) electrons. The van der Waals surface area contributed by atoms with Crippen LogP contribution in [0.25, 0.3) is 16.9 Å². The van der Waals surface area contributed by atoms with E-state index < -0.39 is 0 Å². The standard InChI is InChI=1S/C24H22ClN5O/c1-16-8-7-9-17(14-16)15-27-24(31)28-22-21(18-10-3-2-4-11-18)29-30(23(22)26)20-13-6-5-12-19(20)25/h2-14H,15,26H2,1H3,(H2,27,28,31). The van der Waals surface area contributed by atoms with Crippen LogP contribution < -0.4 is 16.4 Å². The fraction of sp³-hybridized carbons (Fsp3) is 0.0833. The molecule has 2 amide bonds. The van der Waals surface area contributed by atoms with Crippen molar-refractivity contribution >= 4 is 29.1 Å². The summed E-state index contributed by atoms with van der Waals surface area (Å²) in [5.41, 5.74) is 11.0. The number of anilines is 2. The number of amides is 2. The number of rotatable bonds is 5. The van der Waals surface area contributed by atoms with Crippen molar-refractivity contribution in [3.63, 3.8) is 0 Å². The van der Waals surface area contributed by atoms with Crippen LogP contribution in [0.4, 0.5) is 16.3 Å². The van der Waals surface area contributed by atoms with Crippen molar-refractivity contribution < 1.29 is 4.79 Å². The first-order valence-electron chi connectivity index (χ1n) is 9.82. The molecular weight excluding hydrogens is 410 g/mol. The summed E-state index contributed by atoms with van der Waals surface area (Å²) < 4.78 is 1.54. The molecule has 0 bridgehead atoms. The number of urea groups is 1. The smallest absolute Gasteiger partial charge is 0.319 e. The Hall–Kier alpha value is -3.77. The van der Waals surface area contributed by atoms with Crippen LogP contribution in [0.5, 0.6) is 0 Å². The van der Waals surface area contributed by atoms with Crippen LogP contribution in [0.15, 0.2) is 78.9 Å². The quantitative estimate of drug-likeness (QED) is 0.395. The van der Waals surface area contributed by atoms with Gasteiger partial charge in [0.05, 0.1) is 10.7 Å². The van der Waals surface area contributed by atoms with Gasteiger partial charge >= 0.3 is 6.03 Å². The molecule has 0 aliphatic heterocycles. The minimum Gasteiger partial charge on any atom is -0.382 e. The summed E-state index contributed by atoms with van der Waals surface area (Å²) in [6.07, 6.45) is 0. The fourth-order valence-electron chi connectivity index (χ4n) is 3.32.